The molecule has 0 amide bonds. The van der Waals surface area contributed by atoms with Crippen LogP contribution in [0.3, 0.4) is 0 Å². The summed E-state index contributed by atoms with van der Waals surface area (Å²) in [6.45, 7) is 4.35. The van der Waals surface area contributed by atoms with Gasteiger partial charge in [0.25, 0.3) is 0 Å². The summed E-state index contributed by atoms with van der Waals surface area (Å²) >= 11 is 0. The van der Waals surface area contributed by atoms with Crippen LogP contribution in [0, 0.1) is 5.82 Å². The Morgan fingerprint density at radius 2 is 2.13 bits per heavy atom. The molecule has 0 aliphatic rings. The number of ether oxygens (including phenoxy) is 1. The van der Waals surface area contributed by atoms with Crippen molar-refractivity contribution in [3.63, 3.8) is 0 Å². The average Bonchev–Trinajstić information content (AvgIpc) is 2.56. The summed E-state index contributed by atoms with van der Waals surface area (Å²) in [6.07, 6.45) is 0.162. The quantitative estimate of drug-likeness (QED) is 0.770. The summed E-state index contributed by atoms with van der Waals surface area (Å²) < 4.78 is 23.8. The first kappa shape index (κ1) is 10.2. The molecular formula is C12H13FO2. The average molecular weight is 208 g/mol. The predicted molar refractivity (Wildman–Crippen MR) is 56.1 cm³/mol. The van der Waals surface area contributed by atoms with E-state index in [1.807, 2.05) is 13.8 Å². The largest absolute Gasteiger partial charge is 0.459 e. The minimum Gasteiger partial charge on any atom is -0.459 e. The fourth-order valence-corrected chi connectivity index (χ4v) is 1.39. The van der Waals surface area contributed by atoms with E-state index in [-0.39, 0.29) is 11.9 Å². The van der Waals surface area contributed by atoms with Gasteiger partial charge in [-0.25, -0.2) is 4.39 Å². The predicted octanol–water partition coefficient (Wildman–Crippen LogP) is 3.50. The zero-order valence-corrected chi connectivity index (χ0v) is 8.79. The number of furan rings is 1. The molecule has 3 heteroatoms. The van der Waals surface area contributed by atoms with Crippen molar-refractivity contribution < 1.29 is 13.5 Å². The van der Waals surface area contributed by atoms with Gasteiger partial charge in [0.2, 0.25) is 0 Å². The number of benzene rings is 1. The van der Waals surface area contributed by atoms with Gasteiger partial charge in [0.1, 0.15) is 23.8 Å². The molecule has 0 N–H and O–H groups in total. The van der Waals surface area contributed by atoms with E-state index >= 15 is 0 Å². The van der Waals surface area contributed by atoms with Gasteiger partial charge in [0.05, 0.1) is 6.10 Å². The van der Waals surface area contributed by atoms with Crippen molar-refractivity contribution >= 4 is 11.0 Å². The van der Waals surface area contributed by atoms with Gasteiger partial charge in [0.15, 0.2) is 0 Å². The fourth-order valence-electron chi connectivity index (χ4n) is 1.39. The number of rotatable bonds is 3. The van der Waals surface area contributed by atoms with Crippen LogP contribution in [0.5, 0.6) is 0 Å². The second kappa shape index (κ2) is 4.03. The second-order valence-corrected chi connectivity index (χ2v) is 3.75. The summed E-state index contributed by atoms with van der Waals surface area (Å²) in [4.78, 5) is 0. The molecule has 0 saturated heterocycles. The molecule has 2 rings (SSSR count). The third kappa shape index (κ3) is 2.36. The Labute approximate surface area is 87.6 Å². The Morgan fingerprint density at radius 1 is 1.33 bits per heavy atom. The van der Waals surface area contributed by atoms with Crippen LogP contribution in [-0.4, -0.2) is 6.10 Å². The lowest BCUT2D eigenvalue weighted by Gasteiger charge is -2.03. The van der Waals surface area contributed by atoms with Gasteiger partial charge >= 0.3 is 0 Å². The van der Waals surface area contributed by atoms with Crippen molar-refractivity contribution in [3.8, 4) is 0 Å². The summed E-state index contributed by atoms with van der Waals surface area (Å²) in [5.74, 6) is 0.476. The molecule has 0 fully saturated rings. The zero-order chi connectivity index (χ0) is 10.8. The fraction of sp³-hybridized carbons (Fsp3) is 0.333. The Bertz CT molecular complexity index is 460. The lowest BCUT2D eigenvalue weighted by molar-refractivity contribution is 0.0553. The molecule has 0 saturated carbocycles. The van der Waals surface area contributed by atoms with Crippen LogP contribution in [-0.2, 0) is 11.3 Å². The van der Waals surface area contributed by atoms with Crippen LogP contribution in [0.4, 0.5) is 4.39 Å². The smallest absolute Gasteiger partial charge is 0.134 e. The summed E-state index contributed by atoms with van der Waals surface area (Å²) in [7, 11) is 0. The van der Waals surface area contributed by atoms with Gasteiger partial charge in [-0.1, -0.05) is 0 Å². The lowest BCUT2D eigenvalue weighted by Crippen LogP contribution is -2.01. The van der Waals surface area contributed by atoms with E-state index in [0.29, 0.717) is 12.2 Å². The van der Waals surface area contributed by atoms with Crippen molar-refractivity contribution in [2.24, 2.45) is 0 Å². The highest BCUT2D eigenvalue weighted by Gasteiger charge is 2.05. The highest BCUT2D eigenvalue weighted by atomic mass is 19.1. The minimum absolute atomic E-state index is 0.162. The van der Waals surface area contributed by atoms with E-state index in [1.54, 1.807) is 12.1 Å². The molecule has 0 radical (unpaired) electrons. The monoisotopic (exact) mass is 208 g/mol. The maximum Gasteiger partial charge on any atom is 0.134 e. The van der Waals surface area contributed by atoms with E-state index in [1.165, 1.54) is 12.1 Å². The van der Waals surface area contributed by atoms with Gasteiger partial charge in [-0.05, 0) is 38.1 Å². The highest BCUT2D eigenvalue weighted by Crippen LogP contribution is 2.21. The van der Waals surface area contributed by atoms with Crippen molar-refractivity contribution in [3.05, 3.63) is 35.8 Å². The van der Waals surface area contributed by atoms with Crippen LogP contribution in [0.2, 0.25) is 0 Å². The molecule has 80 valence electrons. The lowest BCUT2D eigenvalue weighted by atomic mass is 10.2. The standard InChI is InChI=1S/C12H13FO2/c1-8(2)14-7-11-6-9-5-10(13)3-4-12(9)15-11/h3-6,8H,7H2,1-2H3. The maximum atomic E-state index is 12.9. The van der Waals surface area contributed by atoms with Gasteiger partial charge in [0, 0.05) is 5.39 Å². The molecule has 0 aliphatic carbocycles. The van der Waals surface area contributed by atoms with E-state index in [4.69, 9.17) is 9.15 Å². The van der Waals surface area contributed by atoms with Crippen molar-refractivity contribution in [2.45, 2.75) is 26.6 Å². The van der Waals surface area contributed by atoms with Crippen LogP contribution < -0.4 is 0 Å². The summed E-state index contributed by atoms with van der Waals surface area (Å²) in [5.41, 5.74) is 0.693. The Kier molecular flexibility index (Phi) is 2.73. The molecule has 2 aromatic rings. The molecule has 2 nitrogen and oxygen atoms in total. The van der Waals surface area contributed by atoms with Crippen molar-refractivity contribution in [2.75, 3.05) is 0 Å². The molecule has 0 spiro atoms. The Morgan fingerprint density at radius 3 is 2.87 bits per heavy atom. The van der Waals surface area contributed by atoms with E-state index in [9.17, 15) is 4.39 Å². The molecule has 0 atom stereocenters. The maximum absolute atomic E-state index is 12.9. The van der Waals surface area contributed by atoms with Gasteiger partial charge in [-0.2, -0.15) is 0 Å². The number of hydrogen-bond donors (Lipinski definition) is 0. The molecule has 1 aromatic carbocycles. The molecule has 0 unspecified atom stereocenters. The van der Waals surface area contributed by atoms with Crippen LogP contribution in [0.25, 0.3) is 11.0 Å². The van der Waals surface area contributed by atoms with E-state index in [2.05, 4.69) is 0 Å². The Hall–Kier alpha value is -1.35. The Balaban J connectivity index is 2.23. The normalized spacial score (nSPS) is 11.5. The first-order valence-corrected chi connectivity index (χ1v) is 4.95. The summed E-state index contributed by atoms with van der Waals surface area (Å²) in [6, 6.07) is 6.28. The van der Waals surface area contributed by atoms with E-state index in [0.717, 1.165) is 11.1 Å². The third-order valence-electron chi connectivity index (χ3n) is 2.09. The van der Waals surface area contributed by atoms with Crippen molar-refractivity contribution in [1.29, 1.82) is 0 Å². The topological polar surface area (TPSA) is 22.4 Å². The van der Waals surface area contributed by atoms with Crippen LogP contribution in [0.1, 0.15) is 19.6 Å². The first-order chi connectivity index (χ1) is 7.15. The summed E-state index contributed by atoms with van der Waals surface area (Å²) in [5, 5.41) is 0.775. The molecular weight excluding hydrogens is 195 g/mol. The second-order valence-electron chi connectivity index (χ2n) is 3.75. The number of fused-ring (bicyclic) bond motifs is 1. The van der Waals surface area contributed by atoms with Crippen LogP contribution >= 0.6 is 0 Å². The molecule has 1 aromatic heterocycles. The van der Waals surface area contributed by atoms with Gasteiger partial charge < -0.3 is 9.15 Å². The van der Waals surface area contributed by atoms with Gasteiger partial charge in [-0.15, -0.1) is 0 Å². The molecule has 0 aliphatic heterocycles. The van der Waals surface area contributed by atoms with Crippen molar-refractivity contribution in [1.82, 2.24) is 0 Å². The third-order valence-corrected chi connectivity index (χ3v) is 2.09. The zero-order valence-electron chi connectivity index (χ0n) is 8.79. The van der Waals surface area contributed by atoms with Gasteiger partial charge in [-0.3, -0.25) is 0 Å². The highest BCUT2D eigenvalue weighted by molar-refractivity contribution is 5.77. The van der Waals surface area contributed by atoms with E-state index < -0.39 is 0 Å². The van der Waals surface area contributed by atoms with Crippen LogP contribution in [0.15, 0.2) is 28.7 Å². The molecule has 0 bridgehead atoms. The molecule has 1 heterocycles. The number of halogens is 1. The SMILES string of the molecule is CC(C)OCc1cc2cc(F)ccc2o1. The minimum atomic E-state index is -0.250. The molecule has 15 heavy (non-hydrogen) atoms. The number of hydrogen-bond acceptors (Lipinski definition) is 2. The first-order valence-electron chi connectivity index (χ1n) is 4.95.